The smallest absolute Gasteiger partial charge is 0.123 e. The Labute approximate surface area is 175 Å². The predicted molar refractivity (Wildman–Crippen MR) is 115 cm³/mol. The molecule has 4 atom stereocenters. The number of benzene rings is 1. The summed E-state index contributed by atoms with van der Waals surface area (Å²) >= 11 is 0. The van der Waals surface area contributed by atoms with Gasteiger partial charge in [0, 0.05) is 45.0 Å². The Morgan fingerprint density at radius 3 is 2.41 bits per heavy atom. The van der Waals surface area contributed by atoms with Crippen molar-refractivity contribution in [3.8, 4) is 0 Å². The SMILES string of the molecule is CC1(C)[C@H]2CC[C@@]1(C)[C@@H](OCC[C@@H](O)CN1CCN(c3ccc(F)cc3)CC1)C2. The molecule has 4 rings (SSSR count). The topological polar surface area (TPSA) is 35.9 Å². The van der Waals surface area contributed by atoms with Gasteiger partial charge in [0.1, 0.15) is 5.82 Å². The molecule has 0 radical (unpaired) electrons. The zero-order valence-corrected chi connectivity index (χ0v) is 18.2. The fourth-order valence-corrected chi connectivity index (χ4v) is 5.96. The number of nitrogens with zero attached hydrogens (tertiary/aromatic N) is 2. The first-order valence-corrected chi connectivity index (χ1v) is 11.3. The Hall–Kier alpha value is -1.17. The van der Waals surface area contributed by atoms with Gasteiger partial charge in [-0.2, -0.15) is 0 Å². The lowest BCUT2D eigenvalue weighted by atomic mass is 9.70. The van der Waals surface area contributed by atoms with Crippen LogP contribution >= 0.6 is 0 Å². The summed E-state index contributed by atoms with van der Waals surface area (Å²) in [6, 6.07) is 6.72. The minimum Gasteiger partial charge on any atom is -0.392 e. The zero-order chi connectivity index (χ0) is 20.6. The predicted octanol–water partition coefficient (Wildman–Crippen LogP) is 3.93. The Morgan fingerprint density at radius 2 is 1.83 bits per heavy atom. The summed E-state index contributed by atoms with van der Waals surface area (Å²) in [5.41, 5.74) is 1.74. The van der Waals surface area contributed by atoms with Gasteiger partial charge in [0.2, 0.25) is 0 Å². The first-order chi connectivity index (χ1) is 13.8. The van der Waals surface area contributed by atoms with Crippen molar-refractivity contribution in [2.24, 2.45) is 16.7 Å². The van der Waals surface area contributed by atoms with Crippen LogP contribution in [0.4, 0.5) is 10.1 Å². The molecule has 4 nitrogen and oxygen atoms in total. The van der Waals surface area contributed by atoms with Crippen molar-refractivity contribution >= 4 is 5.69 Å². The van der Waals surface area contributed by atoms with E-state index < -0.39 is 0 Å². The number of piperazine rings is 1. The lowest BCUT2D eigenvalue weighted by molar-refractivity contribution is -0.0564. The van der Waals surface area contributed by atoms with Crippen molar-refractivity contribution in [2.75, 3.05) is 44.2 Å². The molecule has 162 valence electrons. The molecule has 3 fully saturated rings. The van der Waals surface area contributed by atoms with Crippen LogP contribution < -0.4 is 4.90 Å². The third-order valence-corrected chi connectivity index (χ3v) is 8.52. The van der Waals surface area contributed by atoms with Crippen LogP contribution in [0.5, 0.6) is 0 Å². The average Bonchev–Trinajstić information content (AvgIpc) is 3.03. The highest BCUT2D eigenvalue weighted by Crippen LogP contribution is 2.66. The van der Waals surface area contributed by atoms with Crippen molar-refractivity contribution in [3.05, 3.63) is 30.1 Å². The fraction of sp³-hybridized carbons (Fsp3) is 0.750. The van der Waals surface area contributed by atoms with E-state index in [9.17, 15) is 9.50 Å². The normalized spacial score (nSPS) is 32.7. The van der Waals surface area contributed by atoms with Gasteiger partial charge in [-0.3, -0.25) is 4.90 Å². The second kappa shape index (κ2) is 8.16. The van der Waals surface area contributed by atoms with E-state index in [0.717, 1.165) is 37.8 Å². The maximum atomic E-state index is 13.1. The lowest BCUT2D eigenvalue weighted by Crippen LogP contribution is -2.48. The third-order valence-electron chi connectivity index (χ3n) is 8.52. The van der Waals surface area contributed by atoms with Crippen LogP contribution in [-0.2, 0) is 4.74 Å². The zero-order valence-electron chi connectivity index (χ0n) is 18.2. The second-order valence-electron chi connectivity index (χ2n) is 10.2. The lowest BCUT2D eigenvalue weighted by Gasteiger charge is -2.39. The van der Waals surface area contributed by atoms with Crippen molar-refractivity contribution in [1.29, 1.82) is 0 Å². The van der Waals surface area contributed by atoms with Crippen molar-refractivity contribution in [1.82, 2.24) is 4.90 Å². The van der Waals surface area contributed by atoms with Crippen LogP contribution in [0.1, 0.15) is 46.5 Å². The number of β-amino-alcohol motifs (C(OH)–C–C–N with tert-alkyl or cyclic N) is 1. The Bertz CT molecular complexity index is 687. The Kier molecular flexibility index (Phi) is 5.93. The van der Waals surface area contributed by atoms with Crippen LogP contribution in [-0.4, -0.2) is 61.5 Å². The van der Waals surface area contributed by atoms with Gasteiger partial charge in [-0.1, -0.05) is 20.8 Å². The van der Waals surface area contributed by atoms with E-state index in [2.05, 4.69) is 30.6 Å². The maximum Gasteiger partial charge on any atom is 0.123 e. The average molecular weight is 405 g/mol. The molecule has 0 spiro atoms. The third kappa shape index (κ3) is 4.06. The molecule has 0 amide bonds. The van der Waals surface area contributed by atoms with Crippen LogP contribution in [0.2, 0.25) is 0 Å². The minimum atomic E-state index is -0.341. The van der Waals surface area contributed by atoms with Crippen LogP contribution in [0, 0.1) is 22.6 Å². The molecule has 2 aliphatic carbocycles. The van der Waals surface area contributed by atoms with Crippen LogP contribution in [0.3, 0.4) is 0 Å². The first-order valence-electron chi connectivity index (χ1n) is 11.3. The molecule has 2 bridgehead atoms. The van der Waals surface area contributed by atoms with Crippen LogP contribution in [0.25, 0.3) is 0 Å². The molecule has 1 aromatic rings. The molecular weight excluding hydrogens is 367 g/mol. The van der Waals surface area contributed by atoms with E-state index in [1.807, 2.05) is 12.1 Å². The molecule has 1 aliphatic heterocycles. The fourth-order valence-electron chi connectivity index (χ4n) is 5.96. The van der Waals surface area contributed by atoms with Gasteiger partial charge in [0.25, 0.3) is 0 Å². The molecule has 0 unspecified atom stereocenters. The number of rotatable bonds is 7. The van der Waals surface area contributed by atoms with Gasteiger partial charge < -0.3 is 14.7 Å². The van der Waals surface area contributed by atoms with E-state index in [-0.39, 0.29) is 11.9 Å². The number of hydrogen-bond acceptors (Lipinski definition) is 4. The standard InChI is InChI=1S/C24H37FN2O2/c1-23(2)18-8-10-24(23,3)22(16-18)29-15-9-21(28)17-26-11-13-27(14-12-26)20-6-4-19(25)5-7-20/h4-7,18,21-22,28H,8-17H2,1-3H3/t18-,21+,22-,24-/m0/s1. The Balaban J connectivity index is 1.17. The second-order valence-corrected chi connectivity index (χ2v) is 10.2. The van der Waals surface area contributed by atoms with E-state index >= 15 is 0 Å². The molecule has 5 heteroatoms. The monoisotopic (exact) mass is 404 g/mol. The van der Waals surface area contributed by atoms with Crippen molar-refractivity contribution in [3.63, 3.8) is 0 Å². The summed E-state index contributed by atoms with van der Waals surface area (Å²) in [5, 5.41) is 10.5. The Morgan fingerprint density at radius 1 is 1.14 bits per heavy atom. The van der Waals surface area contributed by atoms with E-state index in [4.69, 9.17) is 4.74 Å². The van der Waals surface area contributed by atoms with E-state index in [0.29, 0.717) is 36.5 Å². The van der Waals surface area contributed by atoms with Gasteiger partial charge in [0.15, 0.2) is 0 Å². The summed E-state index contributed by atoms with van der Waals surface area (Å²) in [6.45, 7) is 12.2. The highest BCUT2D eigenvalue weighted by molar-refractivity contribution is 5.46. The van der Waals surface area contributed by atoms with Gasteiger partial charge in [-0.25, -0.2) is 4.39 Å². The number of halogens is 1. The molecular formula is C24H37FN2O2. The largest absolute Gasteiger partial charge is 0.392 e. The number of aliphatic hydroxyl groups excluding tert-OH is 1. The summed E-state index contributed by atoms with van der Waals surface area (Å²) in [4.78, 5) is 4.61. The molecule has 1 aromatic carbocycles. The number of anilines is 1. The molecule has 1 N–H and O–H groups in total. The quantitative estimate of drug-likeness (QED) is 0.747. The number of aliphatic hydroxyl groups is 1. The molecule has 2 saturated carbocycles. The minimum absolute atomic E-state index is 0.194. The highest BCUT2D eigenvalue weighted by Gasteiger charge is 2.61. The van der Waals surface area contributed by atoms with Gasteiger partial charge in [-0.05, 0) is 66.7 Å². The van der Waals surface area contributed by atoms with Crippen molar-refractivity contribution in [2.45, 2.75) is 58.7 Å². The number of ether oxygens (including phenoxy) is 1. The van der Waals surface area contributed by atoms with Crippen molar-refractivity contribution < 1.29 is 14.2 Å². The summed E-state index contributed by atoms with van der Waals surface area (Å²) in [7, 11) is 0. The molecule has 1 saturated heterocycles. The maximum absolute atomic E-state index is 13.1. The summed E-state index contributed by atoms with van der Waals surface area (Å²) < 4.78 is 19.4. The van der Waals surface area contributed by atoms with Gasteiger partial charge in [-0.15, -0.1) is 0 Å². The number of fused-ring (bicyclic) bond motifs is 2. The van der Waals surface area contributed by atoms with Crippen LogP contribution in [0.15, 0.2) is 24.3 Å². The highest BCUT2D eigenvalue weighted by atomic mass is 19.1. The van der Waals surface area contributed by atoms with E-state index in [1.165, 1.54) is 31.4 Å². The molecule has 29 heavy (non-hydrogen) atoms. The molecule has 1 heterocycles. The van der Waals surface area contributed by atoms with Gasteiger partial charge in [0.05, 0.1) is 12.2 Å². The number of hydrogen-bond donors (Lipinski definition) is 1. The summed E-state index contributed by atoms with van der Waals surface area (Å²) in [6.07, 6.45) is 4.52. The molecule has 0 aromatic heterocycles. The van der Waals surface area contributed by atoms with Gasteiger partial charge >= 0.3 is 0 Å². The molecule has 3 aliphatic rings. The summed E-state index contributed by atoms with van der Waals surface area (Å²) in [5.74, 6) is 0.598. The van der Waals surface area contributed by atoms with E-state index in [1.54, 1.807) is 0 Å². The first kappa shape index (κ1) is 21.1.